The molecule has 0 aromatic carbocycles. The van der Waals surface area contributed by atoms with E-state index in [0.717, 1.165) is 6.07 Å². The van der Waals surface area contributed by atoms with Gasteiger partial charge in [0.25, 0.3) is 0 Å². The van der Waals surface area contributed by atoms with Gasteiger partial charge in [-0.2, -0.15) is 21.6 Å². The van der Waals surface area contributed by atoms with Gasteiger partial charge in [-0.1, -0.05) is 13.8 Å². The summed E-state index contributed by atoms with van der Waals surface area (Å²) in [7, 11) is -5.96. The fourth-order valence-corrected chi connectivity index (χ4v) is 4.17. The molecule has 2 aromatic rings. The van der Waals surface area contributed by atoms with Gasteiger partial charge in [0.05, 0.1) is 28.4 Å². The van der Waals surface area contributed by atoms with Crippen molar-refractivity contribution < 1.29 is 44.8 Å². The van der Waals surface area contributed by atoms with E-state index in [2.05, 4.69) is 14.2 Å². The third-order valence-corrected chi connectivity index (χ3v) is 6.04. The maximum Gasteiger partial charge on any atom is 0.534 e. The Kier molecular flexibility index (Phi) is 7.05. The zero-order chi connectivity index (χ0) is 28.1. The molecule has 0 atom stereocenters. The molecule has 0 spiro atoms. The van der Waals surface area contributed by atoms with Crippen LogP contribution in [0.25, 0.3) is 16.6 Å². The molecule has 14 heteroatoms. The van der Waals surface area contributed by atoms with Crippen molar-refractivity contribution in [2.24, 2.45) is 0 Å². The van der Waals surface area contributed by atoms with Crippen LogP contribution in [0.5, 0.6) is 5.88 Å². The number of rotatable bonds is 4. The SMILES string of the molecule is CC(C)OC(=O)C1=CN(C(=O)OC(C)(C)C)CC(C)(C)c2c1[nH]c1ccc(OS(=O)(=O)C(F)(F)F)nc21. The molecule has 1 aliphatic rings. The van der Waals surface area contributed by atoms with Crippen molar-refractivity contribution in [3.8, 4) is 5.88 Å². The quantitative estimate of drug-likeness (QED) is 0.334. The number of hydrogen-bond acceptors (Lipinski definition) is 8. The summed E-state index contributed by atoms with van der Waals surface area (Å²) in [6.07, 6.45) is 0.0455. The number of hydrogen-bond donors (Lipinski definition) is 1. The van der Waals surface area contributed by atoms with Gasteiger partial charge in [0.1, 0.15) is 5.60 Å². The number of aromatic nitrogens is 2. The summed E-state index contributed by atoms with van der Waals surface area (Å²) in [6, 6.07) is 2.24. The van der Waals surface area contributed by atoms with E-state index in [1.165, 1.54) is 17.2 Å². The van der Waals surface area contributed by atoms with Crippen LogP contribution in [0.1, 0.15) is 59.7 Å². The third kappa shape index (κ3) is 6.00. The van der Waals surface area contributed by atoms with Crippen LogP contribution >= 0.6 is 0 Å². The predicted molar refractivity (Wildman–Crippen MR) is 127 cm³/mol. The van der Waals surface area contributed by atoms with Crippen LogP contribution in [0.15, 0.2) is 18.3 Å². The minimum Gasteiger partial charge on any atom is -0.459 e. The van der Waals surface area contributed by atoms with Crippen LogP contribution in [0.4, 0.5) is 18.0 Å². The number of nitrogens with zero attached hydrogens (tertiary/aromatic N) is 2. The normalized spacial score (nSPS) is 16.2. The molecule has 0 aliphatic carbocycles. The number of H-pyrrole nitrogens is 1. The molecule has 204 valence electrons. The lowest BCUT2D eigenvalue weighted by Crippen LogP contribution is -2.40. The number of nitrogens with one attached hydrogen (secondary N) is 1. The molecule has 0 radical (unpaired) electrons. The number of aromatic amines is 1. The second-order valence-electron chi connectivity index (χ2n) is 10.4. The molecule has 10 nitrogen and oxygen atoms in total. The highest BCUT2D eigenvalue weighted by Crippen LogP contribution is 2.41. The Hall–Kier alpha value is -3.29. The number of carbonyl (C=O) groups excluding carboxylic acids is 2. The van der Waals surface area contributed by atoms with Crippen LogP contribution in [0.2, 0.25) is 0 Å². The van der Waals surface area contributed by atoms with Crippen molar-refractivity contribution in [3.05, 3.63) is 29.6 Å². The van der Waals surface area contributed by atoms with Gasteiger partial charge in [-0.05, 0) is 40.7 Å². The standard InChI is InChI=1S/C23H28F3N3O7S/c1-12(2)34-19(30)13-10-29(20(31)35-21(3,4)5)11-22(6,7)16-17(13)27-14-8-9-15(28-18(14)16)36-37(32,33)23(24,25)26/h8-10,12,27H,11H2,1-7H3. The molecular formula is C23H28F3N3O7S. The van der Waals surface area contributed by atoms with E-state index in [1.807, 2.05) is 0 Å². The Morgan fingerprint density at radius 2 is 1.78 bits per heavy atom. The summed E-state index contributed by atoms with van der Waals surface area (Å²) in [5, 5.41) is 0. The first-order valence-corrected chi connectivity index (χ1v) is 12.6. The lowest BCUT2D eigenvalue weighted by molar-refractivity contribution is -0.140. The lowest BCUT2D eigenvalue weighted by atomic mass is 9.83. The highest BCUT2D eigenvalue weighted by molar-refractivity contribution is 7.87. The predicted octanol–water partition coefficient (Wildman–Crippen LogP) is 4.61. The molecule has 0 saturated carbocycles. The molecule has 0 bridgehead atoms. The largest absolute Gasteiger partial charge is 0.534 e. The van der Waals surface area contributed by atoms with Crippen molar-refractivity contribution in [3.63, 3.8) is 0 Å². The highest BCUT2D eigenvalue weighted by atomic mass is 32.2. The molecule has 1 N–H and O–H groups in total. The van der Waals surface area contributed by atoms with Gasteiger partial charge in [0.15, 0.2) is 0 Å². The van der Waals surface area contributed by atoms with Crippen molar-refractivity contribution in [2.45, 2.75) is 71.1 Å². The summed E-state index contributed by atoms with van der Waals surface area (Å²) in [4.78, 5) is 34.3. The van der Waals surface area contributed by atoms with Gasteiger partial charge in [-0.15, -0.1) is 0 Å². The maximum absolute atomic E-state index is 13.1. The molecule has 1 amide bonds. The fourth-order valence-electron chi connectivity index (χ4n) is 3.76. The van der Waals surface area contributed by atoms with Gasteiger partial charge < -0.3 is 18.6 Å². The fraction of sp³-hybridized carbons (Fsp3) is 0.522. The van der Waals surface area contributed by atoms with Gasteiger partial charge in [-0.3, -0.25) is 4.90 Å². The molecule has 0 unspecified atom stereocenters. The Labute approximate surface area is 211 Å². The van der Waals surface area contributed by atoms with Crippen LogP contribution in [0.3, 0.4) is 0 Å². The van der Waals surface area contributed by atoms with Crippen molar-refractivity contribution in [1.29, 1.82) is 0 Å². The Balaban J connectivity index is 2.21. The Morgan fingerprint density at radius 3 is 2.32 bits per heavy atom. The summed E-state index contributed by atoms with van der Waals surface area (Å²) in [5.74, 6) is -1.59. The first-order valence-electron chi connectivity index (χ1n) is 11.2. The topological polar surface area (TPSA) is 128 Å². The number of amides is 1. The van der Waals surface area contributed by atoms with E-state index >= 15 is 0 Å². The van der Waals surface area contributed by atoms with Crippen molar-refractivity contribution in [2.75, 3.05) is 6.54 Å². The summed E-state index contributed by atoms with van der Waals surface area (Å²) >= 11 is 0. The zero-order valence-corrected chi connectivity index (χ0v) is 22.1. The lowest BCUT2D eigenvalue weighted by Gasteiger charge is -2.31. The first-order chi connectivity index (χ1) is 16.7. The van der Waals surface area contributed by atoms with E-state index in [9.17, 15) is 31.2 Å². The van der Waals surface area contributed by atoms with Crippen LogP contribution < -0.4 is 4.18 Å². The number of halogens is 3. The zero-order valence-electron chi connectivity index (χ0n) is 21.3. The number of ether oxygens (including phenoxy) is 2. The van der Waals surface area contributed by atoms with Crippen molar-refractivity contribution >= 4 is 38.8 Å². The summed E-state index contributed by atoms with van der Waals surface area (Å²) < 4.78 is 76.6. The van der Waals surface area contributed by atoms with Gasteiger partial charge >= 0.3 is 27.7 Å². The minimum absolute atomic E-state index is 0.0199. The Bertz CT molecular complexity index is 1370. The summed E-state index contributed by atoms with van der Waals surface area (Å²) in [5.41, 5.74) is -6.59. The number of carbonyl (C=O) groups is 2. The number of esters is 1. The summed E-state index contributed by atoms with van der Waals surface area (Å²) in [6.45, 7) is 11.8. The second kappa shape index (κ2) is 9.23. The van der Waals surface area contributed by atoms with Gasteiger partial charge in [0, 0.05) is 29.8 Å². The number of fused-ring (bicyclic) bond motifs is 3. The highest BCUT2D eigenvalue weighted by Gasteiger charge is 2.49. The van der Waals surface area contributed by atoms with E-state index < -0.39 is 50.7 Å². The Morgan fingerprint density at radius 1 is 1.16 bits per heavy atom. The van der Waals surface area contributed by atoms with E-state index in [1.54, 1.807) is 48.5 Å². The first kappa shape index (κ1) is 28.3. The van der Waals surface area contributed by atoms with Gasteiger partial charge in [0.2, 0.25) is 5.88 Å². The van der Waals surface area contributed by atoms with Crippen molar-refractivity contribution in [1.82, 2.24) is 14.9 Å². The monoisotopic (exact) mass is 547 g/mol. The van der Waals surface area contributed by atoms with Crippen LogP contribution in [-0.2, 0) is 29.8 Å². The van der Waals surface area contributed by atoms with Gasteiger partial charge in [-0.25, -0.2) is 14.6 Å². The third-order valence-electron chi connectivity index (χ3n) is 5.08. The second-order valence-corrected chi connectivity index (χ2v) is 11.9. The maximum atomic E-state index is 13.1. The molecule has 3 rings (SSSR count). The molecular weight excluding hydrogens is 519 g/mol. The molecule has 2 aromatic heterocycles. The van der Waals surface area contributed by atoms with E-state index in [4.69, 9.17) is 9.47 Å². The van der Waals surface area contributed by atoms with E-state index in [0.29, 0.717) is 11.1 Å². The van der Waals surface area contributed by atoms with Crippen LogP contribution in [0, 0.1) is 0 Å². The molecule has 1 aliphatic heterocycles. The minimum atomic E-state index is -5.96. The molecule has 37 heavy (non-hydrogen) atoms. The average Bonchev–Trinajstić information content (AvgIpc) is 3.01. The molecule has 0 fully saturated rings. The van der Waals surface area contributed by atoms with Crippen LogP contribution in [-0.4, -0.2) is 59.1 Å². The number of alkyl halides is 3. The average molecular weight is 548 g/mol. The van der Waals surface area contributed by atoms with E-state index in [-0.39, 0.29) is 23.3 Å². The number of pyridine rings is 1. The molecule has 0 saturated heterocycles. The smallest absolute Gasteiger partial charge is 0.459 e. The molecule has 3 heterocycles.